The van der Waals surface area contributed by atoms with E-state index >= 15 is 0 Å². The summed E-state index contributed by atoms with van der Waals surface area (Å²) in [6.45, 7) is 5.92. The van der Waals surface area contributed by atoms with Crippen LogP contribution in [-0.4, -0.2) is 24.6 Å². The zero-order valence-corrected chi connectivity index (χ0v) is 12.4. The van der Waals surface area contributed by atoms with Crippen LogP contribution in [-0.2, 0) is 16.6 Å². The van der Waals surface area contributed by atoms with Gasteiger partial charge in [0.15, 0.2) is 5.03 Å². The molecule has 19 heavy (non-hydrogen) atoms. The number of aliphatic hydroxyl groups excluding tert-OH is 1. The van der Waals surface area contributed by atoms with E-state index in [0.29, 0.717) is 11.5 Å². The smallest absolute Gasteiger partial charge is 0.258 e. The van der Waals surface area contributed by atoms with E-state index in [1.165, 1.54) is 12.3 Å². The highest BCUT2D eigenvalue weighted by Crippen LogP contribution is 2.11. The Bertz CT molecular complexity index is 483. The Morgan fingerprint density at radius 3 is 2.42 bits per heavy atom. The number of sulfonamides is 1. The van der Waals surface area contributed by atoms with E-state index < -0.39 is 10.0 Å². The first-order valence-corrected chi connectivity index (χ1v) is 7.91. The maximum Gasteiger partial charge on any atom is 0.258 e. The second-order valence-electron chi connectivity index (χ2n) is 5.16. The maximum absolute atomic E-state index is 12.1. The van der Waals surface area contributed by atoms with Crippen LogP contribution >= 0.6 is 0 Å². The number of aromatic nitrogens is 1. The van der Waals surface area contributed by atoms with E-state index in [2.05, 4.69) is 23.6 Å². The fraction of sp³-hybridized carbons (Fsp3) is 0.615. The monoisotopic (exact) mass is 286 g/mol. The van der Waals surface area contributed by atoms with Gasteiger partial charge in [-0.25, -0.2) is 18.1 Å². The Balaban J connectivity index is 2.69. The van der Waals surface area contributed by atoms with Crippen molar-refractivity contribution < 1.29 is 13.5 Å². The molecule has 0 aromatic carbocycles. The summed E-state index contributed by atoms with van der Waals surface area (Å²) in [5.74, 6) is 0.550. The van der Waals surface area contributed by atoms with Crippen molar-refractivity contribution in [2.24, 2.45) is 5.92 Å². The van der Waals surface area contributed by atoms with Gasteiger partial charge in [0.2, 0.25) is 0 Å². The second-order valence-corrected chi connectivity index (χ2v) is 6.82. The van der Waals surface area contributed by atoms with Crippen LogP contribution in [0.3, 0.4) is 0 Å². The van der Waals surface area contributed by atoms with Crippen LogP contribution in [0.25, 0.3) is 0 Å². The highest BCUT2D eigenvalue weighted by atomic mass is 32.2. The zero-order chi connectivity index (χ0) is 14.5. The summed E-state index contributed by atoms with van der Waals surface area (Å²) in [6.07, 6.45) is 3.14. The summed E-state index contributed by atoms with van der Waals surface area (Å²) in [6, 6.07) is 2.84. The highest BCUT2D eigenvalue weighted by Gasteiger charge is 2.18. The van der Waals surface area contributed by atoms with Crippen molar-refractivity contribution in [3.05, 3.63) is 23.9 Å². The number of nitrogens with one attached hydrogen (secondary N) is 1. The molecule has 1 heterocycles. The largest absolute Gasteiger partial charge is 0.392 e. The minimum Gasteiger partial charge on any atom is -0.392 e. The van der Waals surface area contributed by atoms with Gasteiger partial charge in [-0.1, -0.05) is 19.9 Å². The van der Waals surface area contributed by atoms with E-state index in [-0.39, 0.29) is 17.7 Å². The summed E-state index contributed by atoms with van der Waals surface area (Å²) >= 11 is 0. The fourth-order valence-electron chi connectivity index (χ4n) is 1.63. The molecular weight excluding hydrogens is 264 g/mol. The van der Waals surface area contributed by atoms with Crippen molar-refractivity contribution in [2.45, 2.75) is 51.3 Å². The van der Waals surface area contributed by atoms with Gasteiger partial charge in [0.05, 0.1) is 6.61 Å². The first-order chi connectivity index (χ1) is 8.85. The van der Waals surface area contributed by atoms with Crippen LogP contribution in [0.2, 0.25) is 0 Å². The fourth-order valence-corrected chi connectivity index (χ4v) is 2.84. The molecule has 0 fully saturated rings. The molecule has 1 aromatic rings. The van der Waals surface area contributed by atoms with Gasteiger partial charge < -0.3 is 5.11 Å². The van der Waals surface area contributed by atoms with Crippen LogP contribution in [0.5, 0.6) is 0 Å². The van der Waals surface area contributed by atoms with Crippen molar-refractivity contribution in [2.75, 3.05) is 0 Å². The van der Waals surface area contributed by atoms with Gasteiger partial charge in [-0.15, -0.1) is 0 Å². The van der Waals surface area contributed by atoms with Crippen LogP contribution in [0.15, 0.2) is 23.4 Å². The Morgan fingerprint density at radius 1 is 1.26 bits per heavy atom. The lowest BCUT2D eigenvalue weighted by atomic mass is 10.1. The first-order valence-electron chi connectivity index (χ1n) is 6.43. The van der Waals surface area contributed by atoms with Gasteiger partial charge in [-0.2, -0.15) is 0 Å². The zero-order valence-electron chi connectivity index (χ0n) is 11.6. The molecule has 0 aliphatic heterocycles. The number of nitrogens with zero attached hydrogens (tertiary/aromatic N) is 1. The lowest BCUT2D eigenvalue weighted by molar-refractivity contribution is 0.281. The molecule has 1 unspecified atom stereocenters. The third-order valence-corrected chi connectivity index (χ3v) is 4.29. The number of hydrogen-bond acceptors (Lipinski definition) is 4. The molecule has 1 rings (SSSR count). The standard InChI is InChI=1S/C13H22N2O3S/c1-10(2)4-5-11(3)15-19(17,18)13-7-6-12(9-16)8-14-13/h6-8,10-11,15-16H,4-5,9H2,1-3H3. The molecule has 1 atom stereocenters. The van der Waals surface area contributed by atoms with E-state index in [0.717, 1.165) is 12.8 Å². The van der Waals surface area contributed by atoms with Crippen molar-refractivity contribution >= 4 is 10.0 Å². The Kier molecular flexibility index (Phi) is 5.90. The molecular formula is C13H22N2O3S. The lowest BCUT2D eigenvalue weighted by Crippen LogP contribution is -2.33. The molecule has 0 amide bonds. The van der Waals surface area contributed by atoms with Gasteiger partial charge in [0.1, 0.15) is 0 Å². The SMILES string of the molecule is CC(C)CCC(C)NS(=O)(=O)c1ccc(CO)cn1. The van der Waals surface area contributed by atoms with Crippen molar-refractivity contribution in [3.8, 4) is 0 Å². The highest BCUT2D eigenvalue weighted by molar-refractivity contribution is 7.89. The molecule has 5 nitrogen and oxygen atoms in total. The molecule has 0 aliphatic rings. The van der Waals surface area contributed by atoms with E-state index in [1.807, 2.05) is 6.92 Å². The molecule has 2 N–H and O–H groups in total. The van der Waals surface area contributed by atoms with Crippen LogP contribution < -0.4 is 4.72 Å². The minimum atomic E-state index is -3.58. The third-order valence-electron chi connectivity index (χ3n) is 2.79. The molecule has 6 heteroatoms. The van der Waals surface area contributed by atoms with Gasteiger partial charge in [-0.3, -0.25) is 0 Å². The molecule has 1 aromatic heterocycles. The summed E-state index contributed by atoms with van der Waals surface area (Å²) in [4.78, 5) is 3.86. The summed E-state index contributed by atoms with van der Waals surface area (Å²) in [5, 5.41) is 8.88. The minimum absolute atomic E-state index is 0.0129. The predicted octanol–water partition coefficient (Wildman–Crippen LogP) is 1.68. The van der Waals surface area contributed by atoms with Gasteiger partial charge in [-0.05, 0) is 37.3 Å². The van der Waals surface area contributed by atoms with E-state index in [1.54, 1.807) is 6.07 Å². The number of rotatable bonds is 7. The molecule has 108 valence electrons. The Morgan fingerprint density at radius 2 is 1.95 bits per heavy atom. The molecule has 0 aliphatic carbocycles. The average molecular weight is 286 g/mol. The van der Waals surface area contributed by atoms with Gasteiger partial charge in [0.25, 0.3) is 10.0 Å². The number of hydrogen-bond donors (Lipinski definition) is 2. The molecule has 0 spiro atoms. The van der Waals surface area contributed by atoms with Gasteiger partial charge in [0, 0.05) is 12.2 Å². The molecule has 0 saturated carbocycles. The van der Waals surface area contributed by atoms with E-state index in [4.69, 9.17) is 5.11 Å². The second kappa shape index (κ2) is 6.98. The van der Waals surface area contributed by atoms with E-state index in [9.17, 15) is 8.42 Å². The van der Waals surface area contributed by atoms with Crippen LogP contribution in [0.4, 0.5) is 0 Å². The third kappa shape index (κ3) is 5.26. The number of aliphatic hydroxyl groups is 1. The Labute approximate surface area is 115 Å². The molecule has 0 saturated heterocycles. The summed E-state index contributed by atoms with van der Waals surface area (Å²) in [5.41, 5.74) is 0.590. The van der Waals surface area contributed by atoms with Crippen molar-refractivity contribution in [3.63, 3.8) is 0 Å². The summed E-state index contributed by atoms with van der Waals surface area (Å²) < 4.78 is 26.7. The average Bonchev–Trinajstić information content (AvgIpc) is 2.36. The maximum atomic E-state index is 12.1. The molecule has 0 bridgehead atoms. The topological polar surface area (TPSA) is 79.3 Å². The number of pyridine rings is 1. The van der Waals surface area contributed by atoms with Crippen LogP contribution in [0, 0.1) is 5.92 Å². The van der Waals surface area contributed by atoms with Crippen molar-refractivity contribution in [1.82, 2.24) is 9.71 Å². The predicted molar refractivity (Wildman–Crippen MR) is 74.0 cm³/mol. The Hall–Kier alpha value is -0.980. The van der Waals surface area contributed by atoms with Gasteiger partial charge >= 0.3 is 0 Å². The lowest BCUT2D eigenvalue weighted by Gasteiger charge is -2.15. The first kappa shape index (κ1) is 16.1. The van der Waals surface area contributed by atoms with Crippen molar-refractivity contribution in [1.29, 1.82) is 0 Å². The quantitative estimate of drug-likeness (QED) is 0.799. The molecule has 0 radical (unpaired) electrons. The van der Waals surface area contributed by atoms with Crippen LogP contribution in [0.1, 0.15) is 39.2 Å². The normalized spacial score (nSPS) is 13.7. The summed E-state index contributed by atoms with van der Waals surface area (Å²) in [7, 11) is -3.58.